The Kier molecular flexibility index (Phi) is 26.9. The number of azo groups is 3. The monoisotopic (exact) mass is 1280 g/mol. The van der Waals surface area contributed by atoms with Crippen LogP contribution in [0.15, 0.2) is 158 Å². The Morgan fingerprint density at radius 2 is 0.602 bits per heavy atom. The van der Waals surface area contributed by atoms with Gasteiger partial charge in [0, 0.05) is 76.7 Å². The molecule has 1 aliphatic heterocycles. The fraction of sp³-hybridized carbons (Fsp3) is 0.455. The van der Waals surface area contributed by atoms with E-state index in [4.69, 9.17) is 28.4 Å². The first kappa shape index (κ1) is 71.3. The molecule has 1 heterocycles. The average Bonchev–Trinajstić information content (AvgIpc) is 1.46. The normalized spacial score (nSPS) is 19.5. The average molecular weight is 1290 g/mol. The first-order chi connectivity index (χ1) is 44.6. The summed E-state index contributed by atoms with van der Waals surface area (Å²) in [7, 11) is 18.0. The fourth-order valence-corrected chi connectivity index (χ4v) is 10.5. The molecule has 3 unspecified atom stereocenters. The van der Waals surface area contributed by atoms with Crippen LogP contribution in [0.5, 0.6) is 34.5 Å². The highest BCUT2D eigenvalue weighted by Crippen LogP contribution is 2.36. The standard InChI is InChI=1S/C66H90N15O12/c1-73-31-32-74(2)34-42-80(5,38-11-47-92-65-29-20-56(50-62(65)77(84)85)71-68-53-15-24-59(89-8)25-16-53)44-45-81(6,39-12-48-93-66-30-21-57(51-63(66)78(86)87)72-69-54-17-26-60(90-9)27-18-54)43-36-75(3)35-41-79(4,40-33-73)37-10-46-91-64-28-19-55(49-61(64)76(82)83)70-67-52-13-22-58(88-7)23-14-52/h13-30,49-51H,10-12,31-48H2,1-9H3/q+3. The zero-order chi connectivity index (χ0) is 66.8. The molecule has 27 heteroatoms. The molecule has 0 amide bonds. The van der Waals surface area contributed by atoms with Crippen LogP contribution in [0.2, 0.25) is 0 Å². The lowest BCUT2D eigenvalue weighted by Gasteiger charge is -2.42. The molecule has 1 aliphatic rings. The van der Waals surface area contributed by atoms with Crippen molar-refractivity contribution in [2.75, 3.05) is 182 Å². The summed E-state index contributed by atoms with van der Waals surface area (Å²) >= 11 is 0. The topological polar surface area (TPSA) is 269 Å². The van der Waals surface area contributed by atoms with E-state index >= 15 is 0 Å². The van der Waals surface area contributed by atoms with Crippen LogP contribution >= 0.6 is 0 Å². The van der Waals surface area contributed by atoms with Gasteiger partial charge in [0.25, 0.3) is 0 Å². The van der Waals surface area contributed by atoms with Crippen LogP contribution in [0.25, 0.3) is 0 Å². The molecule has 0 N–H and O–H groups in total. The van der Waals surface area contributed by atoms with E-state index in [1.807, 2.05) is 0 Å². The smallest absolute Gasteiger partial charge is 0.313 e. The van der Waals surface area contributed by atoms with Gasteiger partial charge in [-0.1, -0.05) is 0 Å². The Morgan fingerprint density at radius 1 is 0.366 bits per heavy atom. The number of hydrogen-bond donors (Lipinski definition) is 0. The molecule has 498 valence electrons. The van der Waals surface area contributed by atoms with E-state index in [9.17, 15) is 30.3 Å². The van der Waals surface area contributed by atoms with Gasteiger partial charge in [0.2, 0.25) is 0 Å². The Balaban J connectivity index is 1.03. The van der Waals surface area contributed by atoms with Crippen molar-refractivity contribution in [2.45, 2.75) is 19.3 Å². The predicted octanol–water partition coefficient (Wildman–Crippen LogP) is 12.5. The van der Waals surface area contributed by atoms with Gasteiger partial charge in [-0.2, -0.15) is 30.7 Å². The maximum Gasteiger partial charge on any atom is 0.313 e. The summed E-state index contributed by atoms with van der Waals surface area (Å²) in [5, 5.41) is 62.4. The lowest BCUT2D eigenvalue weighted by atomic mass is 10.2. The second kappa shape index (κ2) is 35.1. The molecule has 1 saturated heterocycles. The highest BCUT2D eigenvalue weighted by molar-refractivity contribution is 5.58. The molecule has 0 aliphatic carbocycles. The predicted molar refractivity (Wildman–Crippen MR) is 356 cm³/mol. The zero-order valence-electron chi connectivity index (χ0n) is 55.1. The van der Waals surface area contributed by atoms with Gasteiger partial charge in [0.15, 0.2) is 17.2 Å². The zero-order valence-corrected chi connectivity index (χ0v) is 55.1. The van der Waals surface area contributed by atoms with E-state index < -0.39 is 14.8 Å². The van der Waals surface area contributed by atoms with Crippen LogP contribution in [0.4, 0.5) is 51.2 Å². The van der Waals surface area contributed by atoms with Gasteiger partial charge in [0.1, 0.15) is 30.3 Å². The molecule has 0 bridgehead atoms. The summed E-state index contributed by atoms with van der Waals surface area (Å²) in [5.41, 5.74) is 2.10. The second-order valence-corrected chi connectivity index (χ2v) is 24.3. The summed E-state index contributed by atoms with van der Waals surface area (Å²) < 4.78 is 36.4. The summed E-state index contributed by atoms with van der Waals surface area (Å²) in [6.45, 7) is 13.1. The molecule has 6 aromatic carbocycles. The van der Waals surface area contributed by atoms with Crippen LogP contribution in [0, 0.1) is 30.3 Å². The molecule has 1 fully saturated rings. The van der Waals surface area contributed by atoms with Crippen molar-refractivity contribution in [2.24, 2.45) is 30.7 Å². The number of nitro benzene ring substituents is 3. The summed E-state index contributed by atoms with van der Waals surface area (Å²) in [6, 6.07) is 34.8. The van der Waals surface area contributed by atoms with Crippen molar-refractivity contribution >= 4 is 51.2 Å². The molecule has 7 rings (SSSR count). The fourth-order valence-electron chi connectivity index (χ4n) is 10.5. The van der Waals surface area contributed by atoms with Crippen molar-refractivity contribution in [3.63, 3.8) is 0 Å². The Morgan fingerprint density at radius 3 is 0.860 bits per heavy atom. The molecule has 6 aromatic rings. The van der Waals surface area contributed by atoms with E-state index in [1.54, 1.807) is 131 Å². The van der Waals surface area contributed by atoms with Gasteiger partial charge >= 0.3 is 17.1 Å². The minimum absolute atomic E-state index is 0.150. The van der Waals surface area contributed by atoms with E-state index in [2.05, 4.69) is 87.7 Å². The first-order valence-corrected chi connectivity index (χ1v) is 31.1. The number of nitro groups is 3. The summed E-state index contributed by atoms with van der Waals surface area (Å²) in [4.78, 5) is 42.7. The van der Waals surface area contributed by atoms with Crippen molar-refractivity contribution in [3.8, 4) is 34.5 Å². The Hall–Kier alpha value is -9.12. The van der Waals surface area contributed by atoms with Gasteiger partial charge in [-0.05, 0) is 130 Å². The van der Waals surface area contributed by atoms with Crippen LogP contribution in [-0.4, -0.2) is 225 Å². The third kappa shape index (κ3) is 23.2. The maximum absolute atomic E-state index is 12.4. The van der Waals surface area contributed by atoms with Gasteiger partial charge in [-0.25, -0.2) is 0 Å². The van der Waals surface area contributed by atoms with Gasteiger partial charge in [-0.15, -0.1) is 0 Å². The quantitative estimate of drug-likeness (QED) is 0.0152. The van der Waals surface area contributed by atoms with E-state index in [0.29, 0.717) is 75.1 Å². The Bertz CT molecular complexity index is 3470. The SMILES string of the molecule is COc1ccc(N=Nc2ccc(OCCC[N+]3(C)CCN(C)CCN(C)CC[N+](C)(CCCOc4ccc(N=Nc5ccc(OC)cc5)cc4[N+](=O)[O-])CC[N+](C)(CCCOc4ccc(N=Nc5ccc(OC)cc5)cc4[N+](=O)[O-])CCN(C)CC3)c([N+](=O)[O-])c2)cc1. The molecule has 0 saturated carbocycles. The highest BCUT2D eigenvalue weighted by atomic mass is 16.6. The number of likely N-dealkylation sites (N-methyl/N-ethyl adjacent to an activating group) is 6. The molecule has 27 nitrogen and oxygen atoms in total. The summed E-state index contributed by atoms with van der Waals surface area (Å²) in [6.07, 6.45) is 1.92. The van der Waals surface area contributed by atoms with Crippen molar-refractivity contribution in [1.29, 1.82) is 0 Å². The van der Waals surface area contributed by atoms with E-state index in [-0.39, 0.29) is 54.1 Å². The van der Waals surface area contributed by atoms with E-state index in [1.165, 1.54) is 18.2 Å². The van der Waals surface area contributed by atoms with Crippen LogP contribution in [0.1, 0.15) is 19.3 Å². The maximum atomic E-state index is 12.4. The molecule has 0 aromatic heterocycles. The highest BCUT2D eigenvalue weighted by Gasteiger charge is 2.32. The minimum Gasteiger partial charge on any atom is -0.497 e. The number of nitrogens with zero attached hydrogens (tertiary/aromatic N) is 15. The van der Waals surface area contributed by atoms with Crippen LogP contribution in [-0.2, 0) is 0 Å². The third-order valence-electron chi connectivity index (χ3n) is 16.9. The largest absolute Gasteiger partial charge is 0.497 e. The van der Waals surface area contributed by atoms with Crippen molar-refractivity contribution in [3.05, 3.63) is 158 Å². The lowest BCUT2D eigenvalue weighted by molar-refractivity contribution is -0.963. The van der Waals surface area contributed by atoms with E-state index in [0.717, 1.165) is 107 Å². The first-order valence-electron chi connectivity index (χ1n) is 31.1. The number of ether oxygens (including phenoxy) is 6. The lowest BCUT2D eigenvalue weighted by Crippen LogP contribution is -2.58. The number of rotatable bonds is 27. The van der Waals surface area contributed by atoms with Gasteiger partial charge < -0.3 is 41.9 Å². The third-order valence-corrected chi connectivity index (χ3v) is 16.9. The number of hydrogen-bond acceptors (Lipinski definition) is 21. The number of quaternary nitrogens is 3. The molecular weight excluding hydrogens is 1190 g/mol. The number of benzene rings is 6. The van der Waals surface area contributed by atoms with Crippen molar-refractivity contribution < 1.29 is 56.6 Å². The summed E-state index contributed by atoms with van der Waals surface area (Å²) in [5.74, 6) is 2.51. The molecule has 93 heavy (non-hydrogen) atoms. The Labute approximate surface area is 544 Å². The van der Waals surface area contributed by atoms with Gasteiger partial charge in [-0.3, -0.25) is 45.0 Å². The van der Waals surface area contributed by atoms with Crippen molar-refractivity contribution in [1.82, 2.24) is 14.7 Å². The number of methoxy groups -OCH3 is 3. The van der Waals surface area contributed by atoms with Crippen LogP contribution in [0.3, 0.4) is 0 Å². The molecule has 0 spiro atoms. The molecule has 3 atom stereocenters. The van der Waals surface area contributed by atoms with Crippen LogP contribution < -0.4 is 28.4 Å². The molecule has 0 radical (unpaired) electrons. The van der Waals surface area contributed by atoms with Gasteiger partial charge in [0.05, 0.1) is 157 Å². The molecular formula is C66H90N15O12+3. The second-order valence-electron chi connectivity index (χ2n) is 24.3. The minimum atomic E-state index is -0.470.